The van der Waals surface area contributed by atoms with Gasteiger partial charge in [0.05, 0.1) is 19.1 Å². The molecule has 0 aliphatic carbocycles. The fourth-order valence-electron chi connectivity index (χ4n) is 4.01. The maximum Gasteiger partial charge on any atom is 0.417 e. The van der Waals surface area contributed by atoms with Gasteiger partial charge in [0.2, 0.25) is 11.8 Å². The molecule has 0 bridgehead atoms. The molecule has 0 spiro atoms. The van der Waals surface area contributed by atoms with Crippen LogP contribution in [0.4, 0.5) is 10.5 Å². The minimum Gasteiger partial charge on any atom is -0.497 e. The lowest BCUT2D eigenvalue weighted by atomic mass is 10.1. The van der Waals surface area contributed by atoms with E-state index in [0.29, 0.717) is 25.3 Å². The van der Waals surface area contributed by atoms with Crippen molar-refractivity contribution in [1.29, 1.82) is 0 Å². The molecule has 3 fully saturated rings. The van der Waals surface area contributed by atoms with Gasteiger partial charge in [-0.3, -0.25) is 14.4 Å². The number of ether oxygens (including phenoxy) is 2. The Labute approximate surface area is 161 Å². The molecule has 28 heavy (non-hydrogen) atoms. The van der Waals surface area contributed by atoms with E-state index in [2.05, 4.69) is 0 Å². The van der Waals surface area contributed by atoms with E-state index in [1.807, 2.05) is 0 Å². The van der Waals surface area contributed by atoms with Crippen LogP contribution in [0.1, 0.15) is 12.8 Å². The highest BCUT2D eigenvalue weighted by Gasteiger charge is 2.44. The average molecular weight is 387 g/mol. The monoisotopic (exact) mass is 387 g/mol. The summed E-state index contributed by atoms with van der Waals surface area (Å²) in [5.74, 6) is -0.328. The van der Waals surface area contributed by atoms with Crippen molar-refractivity contribution in [3.8, 4) is 5.75 Å². The van der Waals surface area contributed by atoms with E-state index in [9.17, 15) is 19.2 Å². The normalized spacial score (nSPS) is 24.9. The summed E-state index contributed by atoms with van der Waals surface area (Å²) in [6.07, 6.45) is 0.0256. The lowest BCUT2D eigenvalue weighted by molar-refractivity contribution is -0.135. The molecule has 0 N–H and O–H groups in total. The first-order valence-electron chi connectivity index (χ1n) is 9.20. The second kappa shape index (κ2) is 7.14. The van der Waals surface area contributed by atoms with Crippen LogP contribution in [-0.2, 0) is 19.1 Å². The molecule has 9 nitrogen and oxygen atoms in total. The molecule has 9 heteroatoms. The Morgan fingerprint density at radius 2 is 1.86 bits per heavy atom. The summed E-state index contributed by atoms with van der Waals surface area (Å²) in [6, 6.07) is 6.77. The lowest BCUT2D eigenvalue weighted by Gasteiger charge is -2.23. The van der Waals surface area contributed by atoms with Gasteiger partial charge < -0.3 is 19.3 Å². The van der Waals surface area contributed by atoms with Gasteiger partial charge in [-0.2, -0.15) is 0 Å². The molecule has 1 aromatic rings. The fraction of sp³-hybridized carbons (Fsp3) is 0.474. The standard InChI is InChI=1S/C19H21N3O6/c1-27-15-4-2-13(3-5-15)21-9-12(8-16(21)23)18(25)20-7-6-14(10-20)22-17(24)11-28-19(22)26/h2-5,12,14H,6-11H2,1H3. The van der Waals surface area contributed by atoms with Gasteiger partial charge in [-0.1, -0.05) is 0 Å². The number of rotatable bonds is 4. The van der Waals surface area contributed by atoms with Gasteiger partial charge in [-0.15, -0.1) is 0 Å². The van der Waals surface area contributed by atoms with Crippen molar-refractivity contribution >= 4 is 29.5 Å². The predicted molar refractivity (Wildman–Crippen MR) is 96.6 cm³/mol. The van der Waals surface area contributed by atoms with Crippen molar-refractivity contribution in [3.63, 3.8) is 0 Å². The van der Waals surface area contributed by atoms with Gasteiger partial charge in [0.1, 0.15) is 5.75 Å². The molecular weight excluding hydrogens is 366 g/mol. The van der Waals surface area contributed by atoms with Gasteiger partial charge in [0.15, 0.2) is 6.61 Å². The van der Waals surface area contributed by atoms with E-state index >= 15 is 0 Å². The Morgan fingerprint density at radius 3 is 2.50 bits per heavy atom. The summed E-state index contributed by atoms with van der Waals surface area (Å²) in [6.45, 7) is 0.813. The van der Waals surface area contributed by atoms with E-state index in [0.717, 1.165) is 10.6 Å². The third kappa shape index (κ3) is 3.17. The second-order valence-corrected chi connectivity index (χ2v) is 7.15. The maximum atomic E-state index is 12.9. The molecule has 3 aliphatic rings. The highest BCUT2D eigenvalue weighted by Crippen LogP contribution is 2.29. The minimum absolute atomic E-state index is 0.0995. The molecule has 1 aromatic carbocycles. The molecule has 2 unspecified atom stereocenters. The van der Waals surface area contributed by atoms with E-state index < -0.39 is 12.0 Å². The maximum absolute atomic E-state index is 12.9. The summed E-state index contributed by atoms with van der Waals surface area (Å²) in [5.41, 5.74) is 0.728. The number of hydrogen-bond acceptors (Lipinski definition) is 6. The minimum atomic E-state index is -0.647. The van der Waals surface area contributed by atoms with E-state index in [1.54, 1.807) is 41.2 Å². The van der Waals surface area contributed by atoms with Crippen LogP contribution < -0.4 is 9.64 Å². The van der Waals surface area contributed by atoms with Crippen LogP contribution in [0.25, 0.3) is 0 Å². The van der Waals surface area contributed by atoms with Gasteiger partial charge in [0.25, 0.3) is 5.91 Å². The molecule has 2 atom stereocenters. The van der Waals surface area contributed by atoms with E-state index in [-0.39, 0.29) is 43.3 Å². The molecule has 4 rings (SSSR count). The van der Waals surface area contributed by atoms with Gasteiger partial charge >= 0.3 is 6.09 Å². The van der Waals surface area contributed by atoms with Crippen molar-refractivity contribution in [2.45, 2.75) is 18.9 Å². The Hall–Kier alpha value is -3.10. The fourth-order valence-corrected chi connectivity index (χ4v) is 4.01. The number of likely N-dealkylation sites (tertiary alicyclic amines) is 1. The number of anilines is 1. The molecule has 0 saturated carbocycles. The van der Waals surface area contributed by atoms with Crippen LogP contribution in [0.2, 0.25) is 0 Å². The number of nitrogens with zero attached hydrogens (tertiary/aromatic N) is 3. The topological polar surface area (TPSA) is 96.5 Å². The summed E-state index contributed by atoms with van der Waals surface area (Å²) in [7, 11) is 1.57. The number of carbonyl (C=O) groups excluding carboxylic acids is 4. The van der Waals surface area contributed by atoms with Crippen LogP contribution in [0.5, 0.6) is 5.75 Å². The molecule has 3 saturated heterocycles. The first-order valence-corrected chi connectivity index (χ1v) is 9.20. The third-order valence-corrected chi connectivity index (χ3v) is 5.48. The van der Waals surface area contributed by atoms with Crippen molar-refractivity contribution < 1.29 is 28.7 Å². The molecule has 0 radical (unpaired) electrons. The van der Waals surface area contributed by atoms with Crippen molar-refractivity contribution in [2.75, 3.05) is 38.3 Å². The molecule has 3 heterocycles. The number of carbonyl (C=O) groups is 4. The van der Waals surface area contributed by atoms with E-state index in [4.69, 9.17) is 9.47 Å². The van der Waals surface area contributed by atoms with Crippen molar-refractivity contribution in [2.24, 2.45) is 5.92 Å². The zero-order chi connectivity index (χ0) is 19.8. The summed E-state index contributed by atoms with van der Waals surface area (Å²) in [5, 5.41) is 0. The quantitative estimate of drug-likeness (QED) is 0.752. The average Bonchev–Trinajstić information content (AvgIpc) is 3.40. The first kappa shape index (κ1) is 18.3. The number of imide groups is 1. The number of benzene rings is 1. The first-order chi connectivity index (χ1) is 13.5. The second-order valence-electron chi connectivity index (χ2n) is 7.15. The predicted octanol–water partition coefficient (Wildman–Crippen LogP) is 0.628. The highest BCUT2D eigenvalue weighted by molar-refractivity contribution is 6.01. The summed E-state index contributed by atoms with van der Waals surface area (Å²) in [4.78, 5) is 53.2. The number of hydrogen-bond donors (Lipinski definition) is 0. The van der Waals surface area contributed by atoms with Crippen LogP contribution in [0.3, 0.4) is 0 Å². The Kier molecular flexibility index (Phi) is 4.66. The van der Waals surface area contributed by atoms with Crippen LogP contribution in [0.15, 0.2) is 24.3 Å². The largest absolute Gasteiger partial charge is 0.497 e. The SMILES string of the molecule is COc1ccc(N2CC(C(=O)N3CCC(N4C(=O)COC4=O)C3)CC2=O)cc1. The molecule has 148 valence electrons. The van der Waals surface area contributed by atoms with Gasteiger partial charge in [-0.05, 0) is 30.7 Å². The smallest absolute Gasteiger partial charge is 0.417 e. The Bertz CT molecular complexity index is 807. The van der Waals surface area contributed by atoms with Crippen LogP contribution in [0, 0.1) is 5.92 Å². The Balaban J connectivity index is 1.39. The van der Waals surface area contributed by atoms with Crippen molar-refractivity contribution in [3.05, 3.63) is 24.3 Å². The summed E-state index contributed by atoms with van der Waals surface area (Å²) < 4.78 is 9.88. The summed E-state index contributed by atoms with van der Waals surface area (Å²) >= 11 is 0. The van der Waals surface area contributed by atoms with Crippen LogP contribution >= 0.6 is 0 Å². The van der Waals surface area contributed by atoms with Gasteiger partial charge in [0, 0.05) is 31.7 Å². The zero-order valence-electron chi connectivity index (χ0n) is 15.5. The highest BCUT2D eigenvalue weighted by atomic mass is 16.6. The lowest BCUT2D eigenvalue weighted by Crippen LogP contribution is -2.43. The molecule has 4 amide bonds. The van der Waals surface area contributed by atoms with Gasteiger partial charge in [-0.25, -0.2) is 9.69 Å². The van der Waals surface area contributed by atoms with Crippen LogP contribution in [-0.4, -0.2) is 73.0 Å². The molecule has 3 aliphatic heterocycles. The third-order valence-electron chi connectivity index (χ3n) is 5.48. The number of amides is 4. The Morgan fingerprint density at radius 1 is 1.11 bits per heavy atom. The van der Waals surface area contributed by atoms with Crippen molar-refractivity contribution in [1.82, 2.24) is 9.80 Å². The zero-order valence-corrected chi connectivity index (χ0v) is 15.5. The number of methoxy groups -OCH3 is 1. The molecular formula is C19H21N3O6. The number of cyclic esters (lactones) is 1. The van der Waals surface area contributed by atoms with E-state index in [1.165, 1.54) is 0 Å². The molecule has 0 aromatic heterocycles.